The van der Waals surface area contributed by atoms with E-state index in [2.05, 4.69) is 29.2 Å². The molecule has 0 saturated carbocycles. The summed E-state index contributed by atoms with van der Waals surface area (Å²) in [5.41, 5.74) is 2.23. The van der Waals surface area contributed by atoms with Crippen molar-refractivity contribution in [3.8, 4) is 5.69 Å². The molecule has 0 radical (unpaired) electrons. The second-order valence-electron chi connectivity index (χ2n) is 3.99. The average molecular weight is 216 g/mol. The number of pyridine rings is 1. The number of nitrogens with one attached hydrogen (secondary N) is 1. The van der Waals surface area contributed by atoms with Gasteiger partial charge in [0.05, 0.1) is 5.69 Å². The van der Waals surface area contributed by atoms with Gasteiger partial charge in [0.2, 0.25) is 0 Å². The molecule has 0 unspecified atom stereocenters. The summed E-state index contributed by atoms with van der Waals surface area (Å²) in [6.45, 7) is 5.06. The fourth-order valence-corrected chi connectivity index (χ4v) is 1.50. The van der Waals surface area contributed by atoms with Crippen molar-refractivity contribution in [2.75, 3.05) is 0 Å². The highest BCUT2D eigenvalue weighted by Crippen LogP contribution is 2.11. The van der Waals surface area contributed by atoms with E-state index in [9.17, 15) is 0 Å². The van der Waals surface area contributed by atoms with Gasteiger partial charge in [0.15, 0.2) is 0 Å². The first-order valence-electron chi connectivity index (χ1n) is 5.43. The van der Waals surface area contributed by atoms with Crippen LogP contribution in [0.2, 0.25) is 0 Å². The molecule has 16 heavy (non-hydrogen) atoms. The second-order valence-corrected chi connectivity index (χ2v) is 3.99. The Balaban J connectivity index is 2.24. The van der Waals surface area contributed by atoms with Gasteiger partial charge in [0.1, 0.15) is 0 Å². The smallest absolute Gasteiger partial charge is 0.0721 e. The molecule has 1 N–H and O–H groups in total. The topological polar surface area (TPSA) is 42.7 Å². The van der Waals surface area contributed by atoms with Crippen LogP contribution in [0, 0.1) is 0 Å². The molecule has 0 aliphatic carbocycles. The van der Waals surface area contributed by atoms with Crippen molar-refractivity contribution in [3.05, 3.63) is 42.5 Å². The van der Waals surface area contributed by atoms with Gasteiger partial charge in [-0.3, -0.25) is 4.98 Å². The summed E-state index contributed by atoms with van der Waals surface area (Å²) in [5, 5.41) is 7.62. The molecule has 0 saturated heterocycles. The van der Waals surface area contributed by atoms with Gasteiger partial charge in [-0.1, -0.05) is 13.8 Å². The average Bonchev–Trinajstić information content (AvgIpc) is 2.80. The van der Waals surface area contributed by atoms with E-state index in [1.54, 1.807) is 12.4 Å². The van der Waals surface area contributed by atoms with Crippen LogP contribution in [0.3, 0.4) is 0 Å². The molecule has 4 nitrogen and oxygen atoms in total. The monoisotopic (exact) mass is 216 g/mol. The SMILES string of the molecule is CC(C)NCc1cnccc1-n1cccn1. The lowest BCUT2D eigenvalue weighted by atomic mass is 10.2. The minimum absolute atomic E-state index is 0.464. The van der Waals surface area contributed by atoms with Crippen molar-refractivity contribution in [3.63, 3.8) is 0 Å². The summed E-state index contributed by atoms with van der Waals surface area (Å²) >= 11 is 0. The van der Waals surface area contributed by atoms with Crippen LogP contribution in [0.4, 0.5) is 0 Å². The van der Waals surface area contributed by atoms with E-state index in [1.165, 1.54) is 0 Å². The number of hydrogen-bond acceptors (Lipinski definition) is 3. The highest BCUT2D eigenvalue weighted by Gasteiger charge is 2.04. The van der Waals surface area contributed by atoms with Gasteiger partial charge >= 0.3 is 0 Å². The van der Waals surface area contributed by atoms with E-state index in [0.717, 1.165) is 17.8 Å². The molecule has 0 aliphatic rings. The molecule has 0 amide bonds. The highest BCUT2D eigenvalue weighted by atomic mass is 15.3. The van der Waals surface area contributed by atoms with Crippen LogP contribution in [-0.4, -0.2) is 20.8 Å². The maximum Gasteiger partial charge on any atom is 0.0721 e. The molecule has 0 aliphatic heterocycles. The third-order valence-electron chi connectivity index (χ3n) is 2.33. The Hall–Kier alpha value is -1.68. The molecule has 0 spiro atoms. The molecule has 2 aromatic heterocycles. The number of aromatic nitrogens is 3. The van der Waals surface area contributed by atoms with Crippen LogP contribution in [0.5, 0.6) is 0 Å². The fraction of sp³-hybridized carbons (Fsp3) is 0.333. The van der Waals surface area contributed by atoms with Gasteiger partial charge in [-0.2, -0.15) is 5.10 Å². The molecular weight excluding hydrogens is 200 g/mol. The summed E-state index contributed by atoms with van der Waals surface area (Å²) < 4.78 is 1.86. The van der Waals surface area contributed by atoms with Crippen LogP contribution >= 0.6 is 0 Å². The largest absolute Gasteiger partial charge is 0.310 e. The molecule has 0 aromatic carbocycles. The van der Waals surface area contributed by atoms with Gasteiger partial charge in [0, 0.05) is 42.9 Å². The maximum absolute atomic E-state index is 4.24. The predicted molar refractivity (Wildman–Crippen MR) is 63.3 cm³/mol. The maximum atomic E-state index is 4.24. The van der Waals surface area contributed by atoms with E-state index in [-0.39, 0.29) is 0 Å². The number of hydrogen-bond donors (Lipinski definition) is 1. The number of nitrogens with zero attached hydrogens (tertiary/aromatic N) is 3. The third kappa shape index (κ3) is 2.46. The van der Waals surface area contributed by atoms with Crippen molar-refractivity contribution < 1.29 is 0 Å². The van der Waals surface area contributed by atoms with Crippen LogP contribution in [0.15, 0.2) is 36.9 Å². The first kappa shape index (κ1) is 10.8. The molecular formula is C12H16N4. The first-order valence-corrected chi connectivity index (χ1v) is 5.43. The summed E-state index contributed by atoms with van der Waals surface area (Å²) in [5.74, 6) is 0. The van der Waals surface area contributed by atoms with E-state index in [4.69, 9.17) is 0 Å². The van der Waals surface area contributed by atoms with Gasteiger partial charge in [-0.05, 0) is 12.1 Å². The molecule has 4 heteroatoms. The van der Waals surface area contributed by atoms with Crippen molar-refractivity contribution >= 4 is 0 Å². The van der Waals surface area contributed by atoms with Gasteiger partial charge in [-0.25, -0.2) is 4.68 Å². The number of rotatable bonds is 4. The van der Waals surface area contributed by atoms with Crippen LogP contribution in [0.1, 0.15) is 19.4 Å². The molecule has 2 rings (SSSR count). The molecule has 0 fully saturated rings. The van der Waals surface area contributed by atoms with Gasteiger partial charge in [0.25, 0.3) is 0 Å². The van der Waals surface area contributed by atoms with Crippen LogP contribution in [-0.2, 0) is 6.54 Å². The van der Waals surface area contributed by atoms with Crippen molar-refractivity contribution in [2.45, 2.75) is 26.4 Å². The van der Waals surface area contributed by atoms with Crippen LogP contribution in [0.25, 0.3) is 5.69 Å². The minimum Gasteiger partial charge on any atom is -0.310 e. The Bertz CT molecular complexity index is 434. The normalized spacial score (nSPS) is 10.9. The summed E-state index contributed by atoms with van der Waals surface area (Å²) in [7, 11) is 0. The third-order valence-corrected chi connectivity index (χ3v) is 2.33. The minimum atomic E-state index is 0.464. The Morgan fingerprint density at radius 3 is 2.94 bits per heavy atom. The van der Waals surface area contributed by atoms with Crippen molar-refractivity contribution in [2.24, 2.45) is 0 Å². The lowest BCUT2D eigenvalue weighted by Crippen LogP contribution is -2.22. The Morgan fingerprint density at radius 1 is 1.38 bits per heavy atom. The predicted octanol–water partition coefficient (Wildman–Crippen LogP) is 1.77. The zero-order valence-corrected chi connectivity index (χ0v) is 9.59. The standard InChI is InChI=1S/C12H16N4/c1-10(2)14-9-11-8-13-6-4-12(11)16-7-3-5-15-16/h3-8,10,14H,9H2,1-2H3. The lowest BCUT2D eigenvalue weighted by molar-refractivity contribution is 0.585. The van der Waals surface area contributed by atoms with E-state index >= 15 is 0 Å². The lowest BCUT2D eigenvalue weighted by Gasteiger charge is -2.11. The summed E-state index contributed by atoms with van der Waals surface area (Å²) in [6, 6.07) is 4.36. The quantitative estimate of drug-likeness (QED) is 0.847. The molecule has 84 valence electrons. The molecule has 2 aromatic rings. The van der Waals surface area contributed by atoms with E-state index in [1.807, 2.05) is 29.2 Å². The molecule has 2 heterocycles. The van der Waals surface area contributed by atoms with Crippen molar-refractivity contribution in [1.82, 2.24) is 20.1 Å². The van der Waals surface area contributed by atoms with E-state index < -0.39 is 0 Å². The Kier molecular flexibility index (Phi) is 3.31. The fourth-order valence-electron chi connectivity index (χ4n) is 1.50. The van der Waals surface area contributed by atoms with Gasteiger partial charge < -0.3 is 5.32 Å². The summed E-state index contributed by atoms with van der Waals surface area (Å²) in [6.07, 6.45) is 7.39. The highest BCUT2D eigenvalue weighted by molar-refractivity contribution is 5.37. The van der Waals surface area contributed by atoms with E-state index in [0.29, 0.717) is 6.04 Å². The zero-order chi connectivity index (χ0) is 11.4. The molecule has 0 atom stereocenters. The molecule has 0 bridgehead atoms. The van der Waals surface area contributed by atoms with Crippen molar-refractivity contribution in [1.29, 1.82) is 0 Å². The van der Waals surface area contributed by atoms with Gasteiger partial charge in [-0.15, -0.1) is 0 Å². The Morgan fingerprint density at radius 2 is 2.25 bits per heavy atom. The summed E-state index contributed by atoms with van der Waals surface area (Å²) in [4.78, 5) is 4.15. The zero-order valence-electron chi connectivity index (χ0n) is 9.59. The first-order chi connectivity index (χ1) is 7.77. The van der Waals surface area contributed by atoms with Crippen LogP contribution < -0.4 is 5.32 Å². The Labute approximate surface area is 95.3 Å². The second kappa shape index (κ2) is 4.90.